The third-order valence-corrected chi connectivity index (χ3v) is 3.60. The molecule has 0 fully saturated rings. The highest BCUT2D eigenvalue weighted by Gasteiger charge is 2.00. The second-order valence-electron chi connectivity index (χ2n) is 6.10. The molecule has 0 aromatic carbocycles. The van der Waals surface area contributed by atoms with Crippen LogP contribution in [0.1, 0.15) is 58.3 Å². The molecule has 146 valence electrons. The monoisotopic (exact) mass is 362 g/mol. The standard InChI is InChI=1S/C22H34O4/c1-2-3-10-15-20(23)16-11-7-5-4-6-8-12-17-21(24)18-13-9-14-19-22(25)26/h3,5-8,10-12,16-17,20-21,23-24H,2,4,9,13-15,18-19H2,1H3,(H,25,26)/b7-5-,8-6-,10-3-,16-11+,17-12+/t20-,21+/m1/s1. The van der Waals surface area contributed by atoms with Gasteiger partial charge in [0.1, 0.15) is 0 Å². The van der Waals surface area contributed by atoms with Crippen LogP contribution in [0.25, 0.3) is 0 Å². The number of carboxylic acid groups (broad SMARTS) is 1. The lowest BCUT2D eigenvalue weighted by Gasteiger charge is -2.03. The molecule has 0 rings (SSSR count). The minimum atomic E-state index is -0.763. The van der Waals surface area contributed by atoms with Crippen molar-refractivity contribution in [3.8, 4) is 0 Å². The molecular weight excluding hydrogens is 328 g/mol. The summed E-state index contributed by atoms with van der Waals surface area (Å²) in [6.07, 6.45) is 23.7. The molecule has 0 aliphatic carbocycles. The SMILES string of the molecule is CC/C=C\C[C@@H](O)/C=C/C=C\C/C=C\C=C\[C@H](O)CCCCCC(=O)O. The lowest BCUT2D eigenvalue weighted by Crippen LogP contribution is -2.01. The Bertz CT molecular complexity index is 486. The van der Waals surface area contributed by atoms with Gasteiger partial charge in [-0.3, -0.25) is 4.79 Å². The van der Waals surface area contributed by atoms with E-state index in [-0.39, 0.29) is 6.42 Å². The number of allylic oxidation sites excluding steroid dienone is 7. The summed E-state index contributed by atoms with van der Waals surface area (Å²) in [5.41, 5.74) is 0. The maximum Gasteiger partial charge on any atom is 0.303 e. The third-order valence-electron chi connectivity index (χ3n) is 3.60. The molecule has 0 aromatic heterocycles. The van der Waals surface area contributed by atoms with Gasteiger partial charge in [0.05, 0.1) is 12.2 Å². The summed E-state index contributed by atoms with van der Waals surface area (Å²) in [4.78, 5) is 10.4. The fraction of sp³-hybridized carbons (Fsp3) is 0.500. The molecule has 26 heavy (non-hydrogen) atoms. The summed E-state index contributed by atoms with van der Waals surface area (Å²) < 4.78 is 0. The van der Waals surface area contributed by atoms with Crippen molar-refractivity contribution in [2.45, 2.75) is 70.5 Å². The van der Waals surface area contributed by atoms with E-state index >= 15 is 0 Å². The lowest BCUT2D eigenvalue weighted by atomic mass is 10.1. The molecule has 0 aromatic rings. The van der Waals surface area contributed by atoms with Crippen LogP contribution in [-0.4, -0.2) is 33.5 Å². The molecule has 0 unspecified atom stereocenters. The molecule has 0 saturated heterocycles. The Balaban J connectivity index is 3.76. The van der Waals surface area contributed by atoms with E-state index < -0.39 is 18.2 Å². The first-order valence-corrected chi connectivity index (χ1v) is 9.45. The highest BCUT2D eigenvalue weighted by atomic mass is 16.4. The smallest absolute Gasteiger partial charge is 0.303 e. The molecule has 0 saturated carbocycles. The Labute approximate surface area is 157 Å². The van der Waals surface area contributed by atoms with Gasteiger partial charge in [0, 0.05) is 6.42 Å². The lowest BCUT2D eigenvalue weighted by molar-refractivity contribution is -0.137. The van der Waals surface area contributed by atoms with E-state index in [2.05, 4.69) is 6.92 Å². The fourth-order valence-electron chi connectivity index (χ4n) is 2.16. The normalized spacial score (nSPS) is 15.2. The Hall–Kier alpha value is -1.91. The first-order valence-electron chi connectivity index (χ1n) is 9.45. The second-order valence-corrected chi connectivity index (χ2v) is 6.10. The summed E-state index contributed by atoms with van der Waals surface area (Å²) in [5.74, 6) is -0.763. The van der Waals surface area contributed by atoms with Crippen LogP contribution in [0, 0.1) is 0 Å². The van der Waals surface area contributed by atoms with Crippen molar-refractivity contribution >= 4 is 5.97 Å². The van der Waals surface area contributed by atoms with Crippen LogP contribution in [0.4, 0.5) is 0 Å². The topological polar surface area (TPSA) is 77.8 Å². The first kappa shape index (κ1) is 24.1. The van der Waals surface area contributed by atoms with Crippen LogP contribution in [0.15, 0.2) is 60.8 Å². The number of rotatable bonds is 15. The molecule has 2 atom stereocenters. The number of aliphatic hydroxyl groups is 2. The van der Waals surface area contributed by atoms with Crippen molar-refractivity contribution in [1.29, 1.82) is 0 Å². The van der Waals surface area contributed by atoms with Gasteiger partial charge < -0.3 is 15.3 Å². The van der Waals surface area contributed by atoms with Crippen LogP contribution < -0.4 is 0 Å². The number of hydrogen-bond acceptors (Lipinski definition) is 3. The molecule has 0 aliphatic heterocycles. The zero-order valence-corrected chi connectivity index (χ0v) is 15.8. The summed E-state index contributed by atoms with van der Waals surface area (Å²) in [6.45, 7) is 2.07. The van der Waals surface area contributed by atoms with E-state index in [1.165, 1.54) is 0 Å². The molecule has 4 heteroatoms. The minimum absolute atomic E-state index is 0.201. The van der Waals surface area contributed by atoms with Crippen molar-refractivity contribution in [3.05, 3.63) is 60.8 Å². The van der Waals surface area contributed by atoms with E-state index in [4.69, 9.17) is 5.11 Å². The average molecular weight is 363 g/mol. The van der Waals surface area contributed by atoms with Gasteiger partial charge in [-0.15, -0.1) is 0 Å². The zero-order chi connectivity index (χ0) is 19.5. The second kappa shape index (κ2) is 17.9. The van der Waals surface area contributed by atoms with Crippen LogP contribution >= 0.6 is 0 Å². The zero-order valence-electron chi connectivity index (χ0n) is 15.8. The molecule has 0 heterocycles. The van der Waals surface area contributed by atoms with Crippen LogP contribution in [0.3, 0.4) is 0 Å². The maximum absolute atomic E-state index is 10.4. The number of aliphatic carboxylic acids is 1. The fourth-order valence-corrected chi connectivity index (χ4v) is 2.16. The van der Waals surface area contributed by atoms with Gasteiger partial charge in [0.15, 0.2) is 0 Å². The van der Waals surface area contributed by atoms with E-state index in [1.54, 1.807) is 12.2 Å². The Morgan fingerprint density at radius 1 is 0.846 bits per heavy atom. The molecule has 0 bridgehead atoms. The van der Waals surface area contributed by atoms with E-state index in [9.17, 15) is 15.0 Å². The Morgan fingerprint density at radius 3 is 2.12 bits per heavy atom. The Kier molecular flexibility index (Phi) is 16.6. The van der Waals surface area contributed by atoms with Crippen LogP contribution in [0.2, 0.25) is 0 Å². The average Bonchev–Trinajstić information content (AvgIpc) is 2.60. The summed E-state index contributed by atoms with van der Waals surface area (Å²) in [6, 6.07) is 0. The summed E-state index contributed by atoms with van der Waals surface area (Å²) >= 11 is 0. The van der Waals surface area contributed by atoms with Gasteiger partial charge in [0.25, 0.3) is 0 Å². The van der Waals surface area contributed by atoms with Crippen molar-refractivity contribution < 1.29 is 20.1 Å². The van der Waals surface area contributed by atoms with Gasteiger partial charge >= 0.3 is 5.97 Å². The molecule has 4 nitrogen and oxygen atoms in total. The van der Waals surface area contributed by atoms with Gasteiger partial charge in [-0.25, -0.2) is 0 Å². The molecule has 0 amide bonds. The predicted molar refractivity (Wildman–Crippen MR) is 108 cm³/mol. The Morgan fingerprint density at radius 2 is 1.50 bits per heavy atom. The van der Waals surface area contributed by atoms with Gasteiger partial charge in [-0.1, -0.05) is 80.5 Å². The maximum atomic E-state index is 10.4. The van der Waals surface area contributed by atoms with Crippen molar-refractivity contribution in [2.75, 3.05) is 0 Å². The van der Waals surface area contributed by atoms with Gasteiger partial charge in [0.2, 0.25) is 0 Å². The van der Waals surface area contributed by atoms with Crippen molar-refractivity contribution in [1.82, 2.24) is 0 Å². The number of aliphatic hydroxyl groups excluding tert-OH is 2. The van der Waals surface area contributed by atoms with E-state index in [1.807, 2.05) is 48.6 Å². The summed E-state index contributed by atoms with van der Waals surface area (Å²) in [5, 5.41) is 28.0. The van der Waals surface area contributed by atoms with Crippen LogP contribution in [-0.2, 0) is 4.79 Å². The number of carboxylic acids is 1. The quantitative estimate of drug-likeness (QED) is 0.224. The number of carbonyl (C=O) groups is 1. The molecular formula is C22H34O4. The highest BCUT2D eigenvalue weighted by Crippen LogP contribution is 2.07. The summed E-state index contributed by atoms with van der Waals surface area (Å²) in [7, 11) is 0. The largest absolute Gasteiger partial charge is 0.481 e. The van der Waals surface area contributed by atoms with Crippen LogP contribution in [0.5, 0.6) is 0 Å². The number of unbranched alkanes of at least 4 members (excludes halogenated alkanes) is 2. The predicted octanol–water partition coefficient (Wildman–Crippen LogP) is 4.71. The van der Waals surface area contributed by atoms with Gasteiger partial charge in [-0.2, -0.15) is 0 Å². The molecule has 0 aliphatic rings. The molecule has 0 spiro atoms. The van der Waals surface area contributed by atoms with E-state index in [0.717, 1.165) is 25.7 Å². The number of hydrogen-bond donors (Lipinski definition) is 3. The van der Waals surface area contributed by atoms with Gasteiger partial charge in [-0.05, 0) is 32.1 Å². The van der Waals surface area contributed by atoms with Crippen molar-refractivity contribution in [3.63, 3.8) is 0 Å². The van der Waals surface area contributed by atoms with E-state index in [0.29, 0.717) is 19.3 Å². The first-order chi connectivity index (χ1) is 12.6. The highest BCUT2D eigenvalue weighted by molar-refractivity contribution is 5.66. The van der Waals surface area contributed by atoms with Crippen molar-refractivity contribution in [2.24, 2.45) is 0 Å². The third kappa shape index (κ3) is 18.4. The molecule has 0 radical (unpaired) electrons. The molecule has 3 N–H and O–H groups in total. The minimum Gasteiger partial charge on any atom is -0.481 e.